The van der Waals surface area contributed by atoms with Crippen molar-refractivity contribution in [2.75, 3.05) is 19.7 Å². The Labute approximate surface area is 99.3 Å². The summed E-state index contributed by atoms with van der Waals surface area (Å²) in [6.07, 6.45) is 4.97. The average molecular weight is 229 g/mol. The average Bonchev–Trinajstić information content (AvgIpc) is 2.25. The number of nitrogens with one attached hydrogen (secondary N) is 1. The highest BCUT2D eigenvalue weighted by Crippen LogP contribution is 2.10. The third kappa shape index (κ3) is 6.80. The summed E-state index contributed by atoms with van der Waals surface area (Å²) in [7, 11) is 0. The highest BCUT2D eigenvalue weighted by molar-refractivity contribution is 5.76. The Morgan fingerprint density at radius 3 is 2.31 bits per heavy atom. The van der Waals surface area contributed by atoms with Gasteiger partial charge >= 0.3 is 0 Å². The Kier molecular flexibility index (Phi) is 9.24. The summed E-state index contributed by atoms with van der Waals surface area (Å²) in [5, 5.41) is 16.2. The Balaban J connectivity index is 3.87. The summed E-state index contributed by atoms with van der Waals surface area (Å²) < 4.78 is 0. The first-order valence-electron chi connectivity index (χ1n) is 6.33. The minimum absolute atomic E-state index is 0.225. The highest BCUT2D eigenvalue weighted by Gasteiger charge is 2.13. The molecule has 0 aromatic carbocycles. The standard InChI is InChI=1S/C12H27N3O/c1-3-11(4-2)15(9-10-16)8-6-5-7-12(13)14/h11,16H,3-10H2,1-2H3,(H3,13,14). The van der Waals surface area contributed by atoms with Gasteiger partial charge < -0.3 is 10.8 Å². The van der Waals surface area contributed by atoms with Crippen LogP contribution in [0.5, 0.6) is 0 Å². The molecule has 0 aliphatic heterocycles. The Morgan fingerprint density at radius 2 is 1.88 bits per heavy atom. The molecule has 0 radical (unpaired) electrons. The maximum absolute atomic E-state index is 9.03. The molecular weight excluding hydrogens is 202 g/mol. The molecule has 0 saturated carbocycles. The lowest BCUT2D eigenvalue weighted by molar-refractivity contribution is 0.141. The van der Waals surface area contributed by atoms with E-state index in [1.165, 1.54) is 0 Å². The molecule has 0 aromatic heterocycles. The largest absolute Gasteiger partial charge is 0.395 e. The number of hydrogen-bond donors (Lipinski definition) is 3. The van der Waals surface area contributed by atoms with Crippen molar-refractivity contribution in [2.45, 2.75) is 52.0 Å². The SMILES string of the molecule is CCC(CC)N(CCO)CCCCC(=N)N. The summed E-state index contributed by atoms with van der Waals surface area (Å²) in [6.45, 7) is 6.36. The van der Waals surface area contributed by atoms with E-state index in [4.69, 9.17) is 16.2 Å². The van der Waals surface area contributed by atoms with E-state index in [0.717, 1.165) is 38.8 Å². The van der Waals surface area contributed by atoms with Crippen molar-refractivity contribution in [3.05, 3.63) is 0 Å². The minimum Gasteiger partial charge on any atom is -0.395 e. The van der Waals surface area contributed by atoms with E-state index < -0.39 is 0 Å². The van der Waals surface area contributed by atoms with Gasteiger partial charge in [0.2, 0.25) is 0 Å². The molecule has 4 nitrogen and oxygen atoms in total. The summed E-state index contributed by atoms with van der Waals surface area (Å²) in [6, 6.07) is 0.574. The van der Waals surface area contributed by atoms with Gasteiger partial charge in [0.1, 0.15) is 0 Å². The van der Waals surface area contributed by atoms with Crippen LogP contribution >= 0.6 is 0 Å². The predicted octanol–water partition coefficient (Wildman–Crippen LogP) is 1.58. The van der Waals surface area contributed by atoms with Gasteiger partial charge in [-0.3, -0.25) is 10.3 Å². The molecule has 0 saturated heterocycles. The van der Waals surface area contributed by atoms with Crippen molar-refractivity contribution >= 4 is 5.84 Å². The van der Waals surface area contributed by atoms with Crippen LogP contribution in [-0.4, -0.2) is 41.6 Å². The zero-order valence-corrected chi connectivity index (χ0v) is 10.7. The lowest BCUT2D eigenvalue weighted by Gasteiger charge is -2.29. The number of nitrogens with two attached hydrogens (primary N) is 1. The van der Waals surface area contributed by atoms with Gasteiger partial charge in [0, 0.05) is 19.0 Å². The van der Waals surface area contributed by atoms with Gasteiger partial charge in [-0.05, 0) is 32.2 Å². The fourth-order valence-electron chi connectivity index (χ4n) is 2.04. The summed E-state index contributed by atoms with van der Waals surface area (Å²) >= 11 is 0. The highest BCUT2D eigenvalue weighted by atomic mass is 16.3. The third-order valence-corrected chi connectivity index (χ3v) is 2.99. The minimum atomic E-state index is 0.225. The molecule has 0 unspecified atom stereocenters. The fraction of sp³-hybridized carbons (Fsp3) is 0.917. The van der Waals surface area contributed by atoms with Crippen LogP contribution in [0.4, 0.5) is 0 Å². The fourth-order valence-corrected chi connectivity index (χ4v) is 2.04. The first kappa shape index (κ1) is 15.4. The van der Waals surface area contributed by atoms with Gasteiger partial charge in [0.15, 0.2) is 0 Å². The van der Waals surface area contributed by atoms with E-state index >= 15 is 0 Å². The van der Waals surface area contributed by atoms with Crippen LogP contribution in [0.1, 0.15) is 46.0 Å². The van der Waals surface area contributed by atoms with E-state index in [9.17, 15) is 0 Å². The molecule has 16 heavy (non-hydrogen) atoms. The molecule has 0 aliphatic rings. The van der Waals surface area contributed by atoms with E-state index in [1.54, 1.807) is 0 Å². The zero-order chi connectivity index (χ0) is 12.4. The maximum Gasteiger partial charge on any atom is 0.0905 e. The van der Waals surface area contributed by atoms with Gasteiger partial charge in [-0.2, -0.15) is 0 Å². The summed E-state index contributed by atoms with van der Waals surface area (Å²) in [5.74, 6) is 0.274. The molecular formula is C12H27N3O. The summed E-state index contributed by atoms with van der Waals surface area (Å²) in [4.78, 5) is 2.35. The van der Waals surface area contributed by atoms with Gasteiger partial charge in [-0.25, -0.2) is 0 Å². The molecule has 4 N–H and O–H groups in total. The van der Waals surface area contributed by atoms with Crippen molar-refractivity contribution in [1.29, 1.82) is 5.41 Å². The lowest BCUT2D eigenvalue weighted by atomic mass is 10.1. The Morgan fingerprint density at radius 1 is 1.25 bits per heavy atom. The number of rotatable bonds is 10. The molecule has 4 heteroatoms. The van der Waals surface area contributed by atoms with Crippen molar-refractivity contribution < 1.29 is 5.11 Å². The maximum atomic E-state index is 9.03. The molecule has 0 heterocycles. The molecule has 0 amide bonds. The number of hydrogen-bond acceptors (Lipinski definition) is 3. The predicted molar refractivity (Wildman–Crippen MR) is 68.8 cm³/mol. The second-order valence-corrected chi connectivity index (χ2v) is 4.21. The number of amidine groups is 1. The first-order chi connectivity index (χ1) is 7.65. The van der Waals surface area contributed by atoms with Crippen molar-refractivity contribution in [2.24, 2.45) is 5.73 Å². The van der Waals surface area contributed by atoms with Crippen LogP contribution in [0, 0.1) is 5.41 Å². The van der Waals surface area contributed by atoms with Gasteiger partial charge in [0.25, 0.3) is 0 Å². The van der Waals surface area contributed by atoms with E-state index in [2.05, 4.69) is 18.7 Å². The number of aliphatic hydroxyl groups excluding tert-OH is 1. The van der Waals surface area contributed by atoms with Crippen LogP contribution in [-0.2, 0) is 0 Å². The molecule has 0 atom stereocenters. The Bertz CT molecular complexity index is 181. The molecule has 0 fully saturated rings. The Hall–Kier alpha value is -0.610. The van der Waals surface area contributed by atoms with Crippen molar-refractivity contribution in [1.82, 2.24) is 4.90 Å². The van der Waals surface area contributed by atoms with Crippen LogP contribution in [0.2, 0.25) is 0 Å². The van der Waals surface area contributed by atoms with Gasteiger partial charge in [0.05, 0.1) is 12.4 Å². The number of unbranched alkanes of at least 4 members (excludes halogenated alkanes) is 1. The summed E-state index contributed by atoms with van der Waals surface area (Å²) in [5.41, 5.74) is 5.31. The topological polar surface area (TPSA) is 73.3 Å². The number of nitrogens with zero attached hydrogens (tertiary/aromatic N) is 1. The lowest BCUT2D eigenvalue weighted by Crippen LogP contribution is -2.37. The van der Waals surface area contributed by atoms with E-state index in [1.807, 2.05) is 0 Å². The van der Waals surface area contributed by atoms with Gasteiger partial charge in [-0.1, -0.05) is 13.8 Å². The molecule has 0 aliphatic carbocycles. The van der Waals surface area contributed by atoms with Gasteiger partial charge in [-0.15, -0.1) is 0 Å². The third-order valence-electron chi connectivity index (χ3n) is 2.99. The molecule has 0 aromatic rings. The normalized spacial score (nSPS) is 11.3. The molecule has 0 rings (SSSR count). The smallest absolute Gasteiger partial charge is 0.0905 e. The van der Waals surface area contributed by atoms with E-state index in [0.29, 0.717) is 12.5 Å². The van der Waals surface area contributed by atoms with Crippen LogP contribution < -0.4 is 5.73 Å². The molecule has 0 spiro atoms. The number of aliphatic hydroxyl groups is 1. The zero-order valence-electron chi connectivity index (χ0n) is 10.7. The molecule has 0 bridgehead atoms. The van der Waals surface area contributed by atoms with Crippen LogP contribution in [0.3, 0.4) is 0 Å². The second-order valence-electron chi connectivity index (χ2n) is 4.21. The van der Waals surface area contributed by atoms with Crippen molar-refractivity contribution in [3.8, 4) is 0 Å². The molecule has 96 valence electrons. The monoisotopic (exact) mass is 229 g/mol. The quantitative estimate of drug-likeness (QED) is 0.302. The van der Waals surface area contributed by atoms with Crippen molar-refractivity contribution in [3.63, 3.8) is 0 Å². The second kappa shape index (κ2) is 9.60. The first-order valence-corrected chi connectivity index (χ1v) is 6.33. The van der Waals surface area contributed by atoms with Crippen LogP contribution in [0.25, 0.3) is 0 Å². The van der Waals surface area contributed by atoms with E-state index in [-0.39, 0.29) is 12.4 Å². The van der Waals surface area contributed by atoms with Crippen LogP contribution in [0.15, 0.2) is 0 Å².